The zero-order valence-electron chi connectivity index (χ0n) is 10.0. The molecule has 1 aromatic heterocycles. The Morgan fingerprint density at radius 2 is 1.95 bits per heavy atom. The minimum atomic E-state index is -4.47. The second kappa shape index (κ2) is 5.21. The third kappa shape index (κ3) is 3.26. The molecule has 0 aliphatic heterocycles. The van der Waals surface area contributed by atoms with Crippen molar-refractivity contribution in [2.45, 2.75) is 19.6 Å². The Morgan fingerprint density at radius 3 is 2.53 bits per heavy atom. The van der Waals surface area contributed by atoms with Crippen LogP contribution in [-0.4, -0.2) is 0 Å². The van der Waals surface area contributed by atoms with Gasteiger partial charge in [0.2, 0.25) is 0 Å². The highest BCUT2D eigenvalue weighted by Crippen LogP contribution is 2.32. The van der Waals surface area contributed by atoms with Gasteiger partial charge < -0.3 is 5.32 Å². The molecule has 0 bridgehead atoms. The third-order valence-electron chi connectivity index (χ3n) is 2.70. The molecule has 0 atom stereocenters. The maximum absolute atomic E-state index is 13.5. The summed E-state index contributed by atoms with van der Waals surface area (Å²) in [4.78, 5) is 0.969. The van der Waals surface area contributed by atoms with E-state index in [1.54, 1.807) is 0 Å². The molecule has 1 nitrogen and oxygen atoms in total. The molecule has 2 aromatic rings. The van der Waals surface area contributed by atoms with Crippen molar-refractivity contribution in [2.75, 3.05) is 5.32 Å². The minimum absolute atomic E-state index is 0.136. The molecular weight excluding hydrogens is 278 g/mol. The number of benzene rings is 1. The number of halogens is 4. The molecule has 0 saturated carbocycles. The van der Waals surface area contributed by atoms with Gasteiger partial charge in [-0.3, -0.25) is 0 Å². The van der Waals surface area contributed by atoms with Crippen LogP contribution >= 0.6 is 11.3 Å². The lowest BCUT2D eigenvalue weighted by Gasteiger charge is -2.11. The van der Waals surface area contributed by atoms with E-state index in [9.17, 15) is 17.6 Å². The van der Waals surface area contributed by atoms with Crippen molar-refractivity contribution in [1.82, 2.24) is 0 Å². The van der Waals surface area contributed by atoms with Gasteiger partial charge in [0.15, 0.2) is 0 Å². The molecule has 0 aliphatic rings. The number of hydrogen-bond acceptors (Lipinski definition) is 2. The van der Waals surface area contributed by atoms with E-state index in [-0.39, 0.29) is 5.69 Å². The van der Waals surface area contributed by atoms with Crippen molar-refractivity contribution in [3.05, 3.63) is 51.5 Å². The van der Waals surface area contributed by atoms with E-state index < -0.39 is 17.6 Å². The molecule has 102 valence electrons. The Bertz CT molecular complexity index is 574. The van der Waals surface area contributed by atoms with Crippen molar-refractivity contribution < 1.29 is 17.6 Å². The van der Waals surface area contributed by atoms with Gasteiger partial charge in [-0.1, -0.05) is 0 Å². The molecule has 0 fully saturated rings. The summed E-state index contributed by atoms with van der Waals surface area (Å²) in [5.74, 6) is -0.692. The zero-order valence-corrected chi connectivity index (χ0v) is 10.8. The minimum Gasteiger partial charge on any atom is -0.378 e. The second-order valence-electron chi connectivity index (χ2n) is 4.07. The number of alkyl halides is 3. The molecule has 0 aliphatic carbocycles. The highest BCUT2D eigenvalue weighted by Gasteiger charge is 2.31. The Hall–Kier alpha value is -1.56. The number of nitrogens with one attached hydrogen (secondary N) is 1. The average Bonchev–Trinajstić information content (AvgIpc) is 2.72. The molecule has 2 rings (SSSR count). The van der Waals surface area contributed by atoms with Crippen molar-refractivity contribution in [1.29, 1.82) is 0 Å². The normalized spacial score (nSPS) is 11.6. The first kappa shape index (κ1) is 13.9. The number of aryl methyl sites for hydroxylation is 1. The van der Waals surface area contributed by atoms with Gasteiger partial charge in [0.05, 0.1) is 11.3 Å². The summed E-state index contributed by atoms with van der Waals surface area (Å²) >= 11 is 1.48. The van der Waals surface area contributed by atoms with Crippen LogP contribution in [0.2, 0.25) is 0 Å². The van der Waals surface area contributed by atoms with Crippen LogP contribution in [0.1, 0.15) is 16.0 Å². The van der Waals surface area contributed by atoms with Gasteiger partial charge in [0.1, 0.15) is 5.82 Å². The summed E-state index contributed by atoms with van der Waals surface area (Å²) in [5, 5.41) is 4.59. The Labute approximate surface area is 111 Å². The highest BCUT2D eigenvalue weighted by molar-refractivity contribution is 7.10. The van der Waals surface area contributed by atoms with Crippen molar-refractivity contribution >= 4 is 17.0 Å². The summed E-state index contributed by atoms with van der Waals surface area (Å²) < 4.78 is 51.0. The first-order valence-electron chi connectivity index (χ1n) is 5.51. The molecule has 0 radical (unpaired) electrons. The lowest BCUT2D eigenvalue weighted by molar-refractivity contribution is -0.137. The third-order valence-corrected chi connectivity index (χ3v) is 3.72. The average molecular weight is 289 g/mol. The van der Waals surface area contributed by atoms with Crippen LogP contribution in [0.15, 0.2) is 29.6 Å². The molecule has 0 unspecified atom stereocenters. The van der Waals surface area contributed by atoms with Gasteiger partial charge in [-0.05, 0) is 42.1 Å². The van der Waals surface area contributed by atoms with Crippen LogP contribution < -0.4 is 5.32 Å². The quantitative estimate of drug-likeness (QED) is 0.798. The monoisotopic (exact) mass is 289 g/mol. The summed E-state index contributed by atoms with van der Waals surface area (Å²) in [7, 11) is 0. The van der Waals surface area contributed by atoms with Crippen LogP contribution in [0.5, 0.6) is 0 Å². The lowest BCUT2D eigenvalue weighted by atomic mass is 10.2. The second-order valence-corrected chi connectivity index (χ2v) is 5.07. The summed E-state index contributed by atoms with van der Waals surface area (Å²) in [6, 6.07) is 4.26. The van der Waals surface area contributed by atoms with Gasteiger partial charge >= 0.3 is 6.18 Å². The maximum atomic E-state index is 13.5. The van der Waals surface area contributed by atoms with Gasteiger partial charge in [-0.2, -0.15) is 13.2 Å². The highest BCUT2D eigenvalue weighted by atomic mass is 32.1. The van der Waals surface area contributed by atoms with Crippen LogP contribution in [0.4, 0.5) is 23.2 Å². The molecule has 19 heavy (non-hydrogen) atoms. The Kier molecular flexibility index (Phi) is 3.80. The first-order chi connectivity index (χ1) is 8.88. The van der Waals surface area contributed by atoms with E-state index in [1.807, 2.05) is 18.4 Å². The number of rotatable bonds is 3. The summed E-state index contributed by atoms with van der Waals surface area (Å²) in [5.41, 5.74) is 0.0341. The van der Waals surface area contributed by atoms with E-state index in [2.05, 4.69) is 5.32 Å². The molecule has 0 amide bonds. The van der Waals surface area contributed by atoms with Crippen molar-refractivity contribution in [3.8, 4) is 0 Å². The molecule has 0 saturated heterocycles. The fourth-order valence-electron chi connectivity index (χ4n) is 1.60. The van der Waals surface area contributed by atoms with E-state index in [1.165, 1.54) is 11.3 Å². The van der Waals surface area contributed by atoms with Crippen LogP contribution in [0.3, 0.4) is 0 Å². The van der Waals surface area contributed by atoms with E-state index >= 15 is 0 Å². The lowest BCUT2D eigenvalue weighted by Crippen LogP contribution is -2.07. The van der Waals surface area contributed by atoms with E-state index in [0.29, 0.717) is 6.54 Å². The van der Waals surface area contributed by atoms with E-state index in [0.717, 1.165) is 28.6 Å². The van der Waals surface area contributed by atoms with Gasteiger partial charge in [-0.25, -0.2) is 4.39 Å². The number of hydrogen-bond donors (Lipinski definition) is 1. The first-order valence-corrected chi connectivity index (χ1v) is 6.39. The Morgan fingerprint density at radius 1 is 1.21 bits per heavy atom. The SMILES string of the molecule is Cc1ccsc1CNc1cc(C(F)(F)F)ccc1F. The fraction of sp³-hybridized carbons (Fsp3) is 0.231. The summed E-state index contributed by atoms with van der Waals surface area (Å²) in [6.45, 7) is 2.21. The predicted molar refractivity (Wildman–Crippen MR) is 67.8 cm³/mol. The van der Waals surface area contributed by atoms with Crippen LogP contribution in [0, 0.1) is 12.7 Å². The molecule has 1 heterocycles. The molecule has 1 N–H and O–H groups in total. The Balaban J connectivity index is 2.18. The smallest absolute Gasteiger partial charge is 0.378 e. The van der Waals surface area contributed by atoms with Gasteiger partial charge in [0, 0.05) is 11.4 Å². The molecular formula is C13H11F4NS. The van der Waals surface area contributed by atoms with E-state index in [4.69, 9.17) is 0 Å². The molecule has 1 aromatic carbocycles. The number of anilines is 1. The fourth-order valence-corrected chi connectivity index (χ4v) is 2.44. The predicted octanol–water partition coefficient (Wildman–Crippen LogP) is 4.83. The van der Waals surface area contributed by atoms with Crippen LogP contribution in [0.25, 0.3) is 0 Å². The standard InChI is InChI=1S/C13H11F4NS/c1-8-4-5-19-12(8)7-18-11-6-9(13(15,16)17)2-3-10(11)14/h2-6,18H,7H2,1H3. The van der Waals surface area contributed by atoms with Crippen molar-refractivity contribution in [2.24, 2.45) is 0 Å². The van der Waals surface area contributed by atoms with Crippen molar-refractivity contribution in [3.63, 3.8) is 0 Å². The zero-order chi connectivity index (χ0) is 14.0. The topological polar surface area (TPSA) is 12.0 Å². The van der Waals surface area contributed by atoms with Gasteiger partial charge in [-0.15, -0.1) is 11.3 Å². The van der Waals surface area contributed by atoms with Gasteiger partial charge in [0.25, 0.3) is 0 Å². The summed E-state index contributed by atoms with van der Waals surface area (Å²) in [6.07, 6.45) is -4.47. The van der Waals surface area contributed by atoms with Crippen LogP contribution in [-0.2, 0) is 12.7 Å². The molecule has 6 heteroatoms. The number of thiophene rings is 1. The molecule has 0 spiro atoms. The maximum Gasteiger partial charge on any atom is 0.416 e. The largest absolute Gasteiger partial charge is 0.416 e.